The van der Waals surface area contributed by atoms with E-state index >= 15 is 0 Å². The monoisotopic (exact) mass is 126 g/mol. The maximum atomic E-state index is 4.67. The lowest BCUT2D eigenvalue weighted by Crippen LogP contribution is -2.15. The van der Waals surface area contributed by atoms with E-state index in [-0.39, 0.29) is 0 Å². The number of hydrogen-bond acceptors (Lipinski definition) is 3. The second-order valence-corrected chi connectivity index (χ2v) is 2.00. The van der Waals surface area contributed by atoms with Crippen LogP contribution in [-0.2, 0) is 0 Å². The zero-order valence-electron chi connectivity index (χ0n) is 4.53. The highest BCUT2D eigenvalue weighted by atomic mass is 32.1. The molecule has 0 atom stereocenters. The van der Waals surface area contributed by atoms with Crippen molar-refractivity contribution in [2.24, 2.45) is 9.98 Å². The summed E-state index contributed by atoms with van der Waals surface area (Å²) < 4.78 is 0. The van der Waals surface area contributed by atoms with E-state index in [2.05, 4.69) is 22.2 Å². The molecule has 0 aromatic heterocycles. The van der Waals surface area contributed by atoms with Crippen LogP contribution in [0, 0.1) is 0 Å². The van der Waals surface area contributed by atoms with Crippen LogP contribution in [0.2, 0.25) is 0 Å². The second-order valence-electron chi connectivity index (χ2n) is 1.77. The smallest absolute Gasteiger partial charge is 0.176 e. The molecule has 1 aliphatic rings. The molecule has 8 heavy (non-hydrogen) atoms. The number of aliphatic imine (C=N–C) groups is 2. The maximum Gasteiger partial charge on any atom is 0.176 e. The van der Waals surface area contributed by atoms with Crippen LogP contribution in [0.5, 0.6) is 0 Å². The minimum Gasteiger partial charge on any atom is -0.257 e. The zero-order chi connectivity index (χ0) is 6.04. The SMILES string of the molecule is CC1(C=S)N=CC=N1. The van der Waals surface area contributed by atoms with E-state index in [9.17, 15) is 0 Å². The molecule has 0 saturated carbocycles. The predicted molar refractivity (Wildman–Crippen MR) is 39.0 cm³/mol. The molecular formula is C5H6N2S. The predicted octanol–water partition coefficient (Wildman–Crippen LogP) is 0.858. The normalized spacial score (nSPS) is 21.6. The summed E-state index contributed by atoms with van der Waals surface area (Å²) in [5.74, 6) is 0. The molecule has 42 valence electrons. The Morgan fingerprint density at radius 1 is 1.50 bits per heavy atom. The van der Waals surface area contributed by atoms with Gasteiger partial charge in [0, 0.05) is 17.8 Å². The quantitative estimate of drug-likeness (QED) is 0.478. The molecule has 0 spiro atoms. The molecule has 0 N–H and O–H groups in total. The van der Waals surface area contributed by atoms with Crippen molar-refractivity contribution in [1.82, 2.24) is 0 Å². The van der Waals surface area contributed by atoms with Crippen molar-refractivity contribution in [3.8, 4) is 0 Å². The Balaban J connectivity index is 2.83. The summed E-state index contributed by atoms with van der Waals surface area (Å²) in [6, 6.07) is 0. The summed E-state index contributed by atoms with van der Waals surface area (Å²) in [4.78, 5) is 7.96. The van der Waals surface area contributed by atoms with E-state index in [0.29, 0.717) is 0 Å². The average molecular weight is 126 g/mol. The first kappa shape index (κ1) is 5.56. The second kappa shape index (κ2) is 1.74. The highest BCUT2D eigenvalue weighted by Gasteiger charge is 2.17. The molecule has 0 saturated heterocycles. The van der Waals surface area contributed by atoms with E-state index in [1.165, 1.54) is 0 Å². The fourth-order valence-corrected chi connectivity index (χ4v) is 0.584. The van der Waals surface area contributed by atoms with Crippen molar-refractivity contribution in [1.29, 1.82) is 0 Å². The van der Waals surface area contributed by atoms with Gasteiger partial charge in [-0.05, 0) is 6.92 Å². The summed E-state index contributed by atoms with van der Waals surface area (Å²) in [6.07, 6.45) is 3.31. The standard InChI is InChI=1S/C5H6N2S/c1-5(4-8)6-2-3-7-5/h2-4H,1H3. The van der Waals surface area contributed by atoms with Crippen molar-refractivity contribution in [2.75, 3.05) is 0 Å². The van der Waals surface area contributed by atoms with Gasteiger partial charge in [-0.2, -0.15) is 0 Å². The molecule has 3 heteroatoms. The largest absolute Gasteiger partial charge is 0.257 e. The Kier molecular flexibility index (Phi) is 1.21. The summed E-state index contributed by atoms with van der Waals surface area (Å²) in [6.45, 7) is 1.86. The van der Waals surface area contributed by atoms with Gasteiger partial charge in [-0.25, -0.2) is 0 Å². The van der Waals surface area contributed by atoms with E-state index in [4.69, 9.17) is 0 Å². The first-order chi connectivity index (χ1) is 3.77. The Hall–Kier alpha value is -0.570. The van der Waals surface area contributed by atoms with Gasteiger partial charge >= 0.3 is 0 Å². The molecule has 0 amide bonds. The summed E-state index contributed by atoms with van der Waals surface area (Å²) in [5.41, 5.74) is -0.435. The zero-order valence-corrected chi connectivity index (χ0v) is 5.35. The van der Waals surface area contributed by atoms with Crippen LogP contribution in [0.3, 0.4) is 0 Å². The molecular weight excluding hydrogens is 120 g/mol. The van der Waals surface area contributed by atoms with Gasteiger partial charge in [0.1, 0.15) is 0 Å². The van der Waals surface area contributed by atoms with Crippen molar-refractivity contribution >= 4 is 30.0 Å². The van der Waals surface area contributed by atoms with Gasteiger partial charge in [-0.1, -0.05) is 12.2 Å². The molecule has 0 fully saturated rings. The number of nitrogens with zero attached hydrogens (tertiary/aromatic N) is 2. The molecule has 0 unspecified atom stereocenters. The Morgan fingerprint density at radius 2 is 2.00 bits per heavy atom. The van der Waals surface area contributed by atoms with Gasteiger partial charge in [0.05, 0.1) is 0 Å². The summed E-state index contributed by atoms with van der Waals surface area (Å²) in [7, 11) is 0. The van der Waals surface area contributed by atoms with E-state index < -0.39 is 5.66 Å². The molecule has 2 nitrogen and oxygen atoms in total. The lowest BCUT2D eigenvalue weighted by atomic mass is 10.3. The van der Waals surface area contributed by atoms with Crippen LogP contribution < -0.4 is 0 Å². The summed E-state index contributed by atoms with van der Waals surface area (Å²) in [5, 5.41) is 1.55. The third kappa shape index (κ3) is 0.816. The molecule has 0 aromatic carbocycles. The van der Waals surface area contributed by atoms with Gasteiger partial charge in [-0.15, -0.1) is 0 Å². The topological polar surface area (TPSA) is 24.7 Å². The number of thiocarbonyl (C=S) groups is 1. The minimum atomic E-state index is -0.435. The van der Waals surface area contributed by atoms with Gasteiger partial charge in [0.25, 0.3) is 0 Å². The Bertz CT molecular complexity index is 148. The first-order valence-corrected chi connectivity index (χ1v) is 2.79. The fraction of sp³-hybridized carbons (Fsp3) is 0.400. The maximum absolute atomic E-state index is 4.67. The average Bonchev–Trinajstić information content (AvgIpc) is 2.17. The van der Waals surface area contributed by atoms with Gasteiger partial charge in [-0.3, -0.25) is 9.98 Å². The van der Waals surface area contributed by atoms with E-state index in [1.807, 2.05) is 6.92 Å². The molecule has 1 aliphatic heterocycles. The van der Waals surface area contributed by atoms with Crippen LogP contribution in [0.25, 0.3) is 0 Å². The molecule has 1 heterocycles. The summed E-state index contributed by atoms with van der Waals surface area (Å²) >= 11 is 4.67. The molecule has 0 aromatic rings. The van der Waals surface area contributed by atoms with Crippen LogP contribution >= 0.6 is 12.2 Å². The molecule has 1 rings (SSSR count). The highest BCUT2D eigenvalue weighted by Crippen LogP contribution is 2.10. The van der Waals surface area contributed by atoms with Crippen molar-refractivity contribution in [3.63, 3.8) is 0 Å². The van der Waals surface area contributed by atoms with Crippen LogP contribution in [0.1, 0.15) is 6.92 Å². The molecule has 0 radical (unpaired) electrons. The number of rotatable bonds is 1. The van der Waals surface area contributed by atoms with Gasteiger partial charge in [0.2, 0.25) is 0 Å². The van der Waals surface area contributed by atoms with Crippen LogP contribution in [0.4, 0.5) is 0 Å². The van der Waals surface area contributed by atoms with Gasteiger partial charge < -0.3 is 0 Å². The van der Waals surface area contributed by atoms with Crippen LogP contribution in [0.15, 0.2) is 9.98 Å². The minimum absolute atomic E-state index is 0.435. The van der Waals surface area contributed by atoms with E-state index in [0.717, 1.165) is 0 Å². The van der Waals surface area contributed by atoms with Crippen molar-refractivity contribution in [3.05, 3.63) is 0 Å². The lowest BCUT2D eigenvalue weighted by Gasteiger charge is -2.07. The number of hydrogen-bond donors (Lipinski definition) is 0. The van der Waals surface area contributed by atoms with Gasteiger partial charge in [0.15, 0.2) is 5.66 Å². The highest BCUT2D eigenvalue weighted by molar-refractivity contribution is 7.79. The van der Waals surface area contributed by atoms with Crippen molar-refractivity contribution < 1.29 is 0 Å². The van der Waals surface area contributed by atoms with E-state index in [1.54, 1.807) is 17.8 Å². The third-order valence-electron chi connectivity index (χ3n) is 0.962. The fourth-order valence-electron chi connectivity index (χ4n) is 0.463. The van der Waals surface area contributed by atoms with Crippen molar-refractivity contribution in [2.45, 2.75) is 12.6 Å². The third-order valence-corrected chi connectivity index (χ3v) is 1.41. The molecule has 0 aliphatic carbocycles. The Labute approximate surface area is 53.3 Å². The van der Waals surface area contributed by atoms with Crippen LogP contribution in [-0.4, -0.2) is 23.5 Å². The Morgan fingerprint density at radius 3 is 2.25 bits per heavy atom. The molecule has 0 bridgehead atoms. The lowest BCUT2D eigenvalue weighted by molar-refractivity contribution is 0.709. The first-order valence-electron chi connectivity index (χ1n) is 2.32.